The van der Waals surface area contributed by atoms with Gasteiger partial charge in [-0.15, -0.1) is 0 Å². The Hall–Kier alpha value is -6.78. The van der Waals surface area contributed by atoms with Gasteiger partial charge in [0.1, 0.15) is 0 Å². The number of para-hydroxylation sites is 3. The smallest absolute Gasteiger partial charge is 0.160 e. The molecule has 0 spiro atoms. The topological polar surface area (TPSA) is 35.6 Å². The van der Waals surface area contributed by atoms with E-state index in [9.17, 15) is 0 Å². The van der Waals surface area contributed by atoms with Crippen LogP contribution in [-0.4, -0.2) is 19.1 Å². The average molecular weight is 639 g/mol. The summed E-state index contributed by atoms with van der Waals surface area (Å²) in [6.07, 6.45) is 2.18. The number of nitrogens with zero attached hydrogens (tertiary/aromatic N) is 4. The molecule has 234 valence electrons. The minimum Gasteiger partial charge on any atom is -0.315 e. The van der Waals surface area contributed by atoms with Crippen LogP contribution in [0.1, 0.15) is 0 Å². The lowest BCUT2D eigenvalue weighted by Gasteiger charge is -2.14. The number of benzene rings is 7. The van der Waals surface area contributed by atoms with Crippen molar-refractivity contribution in [2.45, 2.75) is 0 Å². The van der Waals surface area contributed by atoms with Crippen LogP contribution < -0.4 is 0 Å². The van der Waals surface area contributed by atoms with Crippen LogP contribution in [0.25, 0.3) is 88.8 Å². The second kappa shape index (κ2) is 11.4. The summed E-state index contributed by atoms with van der Waals surface area (Å²) >= 11 is 0. The van der Waals surface area contributed by atoms with Gasteiger partial charge >= 0.3 is 0 Å². The Morgan fingerprint density at radius 2 is 1.06 bits per heavy atom. The van der Waals surface area contributed by atoms with E-state index in [1.807, 2.05) is 12.1 Å². The molecule has 0 saturated carbocycles. The second-order valence-corrected chi connectivity index (χ2v) is 12.7. The van der Waals surface area contributed by atoms with Gasteiger partial charge in [0.2, 0.25) is 0 Å². The molecular weight excluding hydrogens is 609 g/mol. The Bertz CT molecular complexity index is 2850. The summed E-state index contributed by atoms with van der Waals surface area (Å²) in [5.41, 5.74) is 12.0. The Labute approximate surface area is 289 Å². The number of hydrogen-bond donors (Lipinski definition) is 0. The first-order valence-corrected chi connectivity index (χ1v) is 16.9. The van der Waals surface area contributed by atoms with Crippen LogP contribution in [0.2, 0.25) is 0 Å². The van der Waals surface area contributed by atoms with Gasteiger partial charge in [0.15, 0.2) is 5.82 Å². The Morgan fingerprint density at radius 1 is 0.400 bits per heavy atom. The Balaban J connectivity index is 1.17. The average Bonchev–Trinajstić information content (AvgIpc) is 3.78. The van der Waals surface area contributed by atoms with E-state index in [0.717, 1.165) is 44.6 Å². The van der Waals surface area contributed by atoms with Gasteiger partial charge in [0.05, 0.1) is 27.8 Å². The van der Waals surface area contributed by atoms with Crippen LogP contribution in [0, 0.1) is 0 Å². The molecule has 0 amide bonds. The van der Waals surface area contributed by atoms with E-state index in [-0.39, 0.29) is 0 Å². The maximum atomic E-state index is 5.26. The van der Waals surface area contributed by atoms with Gasteiger partial charge in [-0.25, -0.2) is 9.97 Å². The van der Waals surface area contributed by atoms with Gasteiger partial charge in [-0.1, -0.05) is 133 Å². The maximum Gasteiger partial charge on any atom is 0.160 e. The van der Waals surface area contributed by atoms with Crippen molar-refractivity contribution in [2.24, 2.45) is 0 Å². The highest BCUT2D eigenvalue weighted by atomic mass is 15.0. The van der Waals surface area contributed by atoms with E-state index in [1.54, 1.807) is 0 Å². The molecule has 0 atom stereocenters. The van der Waals surface area contributed by atoms with Crippen LogP contribution in [-0.2, 0) is 0 Å². The molecule has 0 fully saturated rings. The SMILES string of the molecule is c1ccc(-c2ccc(-c3nc(-c4cccc(-n5c6ccccc6c6ccc7ccn(-c8ccccc8)c7c65)c4)nc4ccccc34)cc2)cc1. The van der Waals surface area contributed by atoms with E-state index in [0.29, 0.717) is 5.82 Å². The first kappa shape index (κ1) is 28.3. The molecule has 7 aromatic carbocycles. The van der Waals surface area contributed by atoms with Gasteiger partial charge in [-0.05, 0) is 53.6 Å². The van der Waals surface area contributed by atoms with E-state index in [4.69, 9.17) is 9.97 Å². The van der Waals surface area contributed by atoms with Gasteiger partial charge < -0.3 is 9.13 Å². The van der Waals surface area contributed by atoms with Crippen LogP contribution in [0.3, 0.4) is 0 Å². The standard InChI is InChI=1S/C46H30N4/c1-3-12-31(13-4-1)32-22-24-33(25-23-32)43-40-19-7-9-20-41(40)47-46(48-43)35-14-11-17-37(30-35)50-42-21-10-8-18-38(42)39-27-26-34-28-29-49(44(34)45(39)50)36-15-5-2-6-16-36/h1-30H. The monoisotopic (exact) mass is 638 g/mol. The summed E-state index contributed by atoms with van der Waals surface area (Å²) in [4.78, 5) is 10.4. The number of rotatable bonds is 5. The number of aromatic nitrogens is 4. The lowest BCUT2D eigenvalue weighted by atomic mass is 10.0. The number of hydrogen-bond acceptors (Lipinski definition) is 2. The zero-order chi connectivity index (χ0) is 33.0. The predicted octanol–water partition coefficient (Wildman–Crippen LogP) is 11.7. The molecule has 0 saturated heterocycles. The predicted molar refractivity (Wildman–Crippen MR) is 207 cm³/mol. The Kier molecular flexibility index (Phi) is 6.46. The molecule has 0 radical (unpaired) electrons. The molecular formula is C46H30N4. The molecule has 3 aromatic heterocycles. The van der Waals surface area contributed by atoms with Gasteiger partial charge in [0.25, 0.3) is 0 Å². The number of fused-ring (bicyclic) bond motifs is 6. The van der Waals surface area contributed by atoms with Crippen molar-refractivity contribution in [3.05, 3.63) is 182 Å². The third kappa shape index (κ3) is 4.54. The molecule has 0 aliphatic carbocycles. The van der Waals surface area contributed by atoms with Crippen molar-refractivity contribution in [3.8, 4) is 45.1 Å². The maximum absolute atomic E-state index is 5.26. The van der Waals surface area contributed by atoms with Crippen molar-refractivity contribution in [1.29, 1.82) is 0 Å². The van der Waals surface area contributed by atoms with Crippen LogP contribution >= 0.6 is 0 Å². The molecule has 4 heteroatoms. The fraction of sp³-hybridized carbons (Fsp3) is 0. The minimum atomic E-state index is 0.700. The van der Waals surface area contributed by atoms with Gasteiger partial charge in [-0.2, -0.15) is 0 Å². The summed E-state index contributed by atoms with van der Waals surface area (Å²) in [7, 11) is 0. The van der Waals surface area contributed by atoms with Crippen LogP contribution in [0.5, 0.6) is 0 Å². The summed E-state index contributed by atoms with van der Waals surface area (Å²) in [6, 6.07) is 62.1. The third-order valence-corrected chi connectivity index (χ3v) is 9.75. The van der Waals surface area contributed by atoms with Gasteiger partial charge in [-0.3, -0.25) is 0 Å². The minimum absolute atomic E-state index is 0.700. The highest BCUT2D eigenvalue weighted by molar-refractivity contribution is 6.18. The van der Waals surface area contributed by atoms with E-state index >= 15 is 0 Å². The van der Waals surface area contributed by atoms with Gasteiger partial charge in [0, 0.05) is 50.2 Å². The first-order valence-electron chi connectivity index (χ1n) is 16.9. The Morgan fingerprint density at radius 3 is 1.90 bits per heavy atom. The molecule has 0 unspecified atom stereocenters. The van der Waals surface area contributed by atoms with E-state index in [2.05, 4.69) is 179 Å². The molecule has 0 N–H and O–H groups in total. The fourth-order valence-corrected chi connectivity index (χ4v) is 7.41. The molecule has 0 aliphatic heterocycles. The molecule has 10 aromatic rings. The normalized spacial score (nSPS) is 11.6. The molecule has 4 nitrogen and oxygen atoms in total. The van der Waals surface area contributed by atoms with Crippen molar-refractivity contribution in [1.82, 2.24) is 19.1 Å². The van der Waals surface area contributed by atoms with Crippen molar-refractivity contribution < 1.29 is 0 Å². The largest absolute Gasteiger partial charge is 0.315 e. The lowest BCUT2D eigenvalue weighted by molar-refractivity contribution is 1.11. The first-order chi connectivity index (χ1) is 24.8. The lowest BCUT2D eigenvalue weighted by Crippen LogP contribution is -1.99. The summed E-state index contributed by atoms with van der Waals surface area (Å²) in [5, 5.41) is 4.67. The quantitative estimate of drug-likeness (QED) is 0.188. The summed E-state index contributed by atoms with van der Waals surface area (Å²) < 4.78 is 4.71. The second-order valence-electron chi connectivity index (χ2n) is 12.7. The zero-order valence-electron chi connectivity index (χ0n) is 27.1. The summed E-state index contributed by atoms with van der Waals surface area (Å²) in [6.45, 7) is 0. The van der Waals surface area contributed by atoms with Crippen molar-refractivity contribution in [2.75, 3.05) is 0 Å². The third-order valence-electron chi connectivity index (χ3n) is 9.75. The van der Waals surface area contributed by atoms with E-state index < -0.39 is 0 Å². The van der Waals surface area contributed by atoms with Crippen LogP contribution in [0.4, 0.5) is 0 Å². The summed E-state index contributed by atoms with van der Waals surface area (Å²) in [5.74, 6) is 0.700. The van der Waals surface area contributed by atoms with Crippen molar-refractivity contribution in [3.63, 3.8) is 0 Å². The van der Waals surface area contributed by atoms with E-state index in [1.165, 1.54) is 38.3 Å². The molecule has 50 heavy (non-hydrogen) atoms. The van der Waals surface area contributed by atoms with Crippen LogP contribution in [0.15, 0.2) is 182 Å². The molecule has 3 heterocycles. The molecule has 0 bridgehead atoms. The molecule has 10 rings (SSSR count). The van der Waals surface area contributed by atoms with Crippen molar-refractivity contribution >= 4 is 43.6 Å². The molecule has 0 aliphatic rings. The zero-order valence-corrected chi connectivity index (χ0v) is 27.1. The highest BCUT2D eigenvalue weighted by Crippen LogP contribution is 2.39. The highest BCUT2D eigenvalue weighted by Gasteiger charge is 2.19. The fourth-order valence-electron chi connectivity index (χ4n) is 7.41.